The maximum Gasteiger partial charge on any atom is 0.216 e. The highest BCUT2D eigenvalue weighted by Gasteiger charge is 2.10. The number of halogens is 1. The second-order valence-electron chi connectivity index (χ2n) is 5.28. The zero-order chi connectivity index (χ0) is 17.0. The largest absolute Gasteiger partial charge is 0.356 e. The number of hydrogen-bond acceptors (Lipinski definition) is 4. The van der Waals surface area contributed by atoms with E-state index in [1.54, 1.807) is 18.5 Å². The van der Waals surface area contributed by atoms with Gasteiger partial charge in [-0.3, -0.25) is 4.79 Å². The van der Waals surface area contributed by atoms with Gasteiger partial charge in [0.05, 0.1) is 11.3 Å². The summed E-state index contributed by atoms with van der Waals surface area (Å²) in [6.07, 6.45) is 5.74. The molecule has 9 heteroatoms. The fourth-order valence-corrected chi connectivity index (χ4v) is 2.98. The second kappa shape index (κ2) is 7.29. The Hall–Kier alpha value is -1.64. The number of sulfonamides is 1. The number of imidazole rings is 1. The van der Waals surface area contributed by atoms with Crippen molar-refractivity contribution in [1.29, 1.82) is 0 Å². The predicted octanol–water partition coefficient (Wildman–Crippen LogP) is 0.758. The third-order valence-electron chi connectivity index (χ3n) is 3.24. The van der Waals surface area contributed by atoms with E-state index in [0.29, 0.717) is 24.4 Å². The van der Waals surface area contributed by atoms with E-state index >= 15 is 0 Å². The highest BCUT2D eigenvalue weighted by molar-refractivity contribution is 7.88. The number of amides is 1. The van der Waals surface area contributed by atoms with Crippen molar-refractivity contribution in [2.45, 2.75) is 19.8 Å². The van der Waals surface area contributed by atoms with Crippen molar-refractivity contribution in [2.75, 3.05) is 19.3 Å². The highest BCUT2D eigenvalue weighted by Crippen LogP contribution is 2.19. The Morgan fingerprint density at radius 3 is 2.74 bits per heavy atom. The summed E-state index contributed by atoms with van der Waals surface area (Å²) in [6, 6.07) is 1.78. The predicted molar refractivity (Wildman–Crippen MR) is 89.1 cm³/mol. The topological polar surface area (TPSA) is 92.6 Å². The van der Waals surface area contributed by atoms with Gasteiger partial charge in [0.25, 0.3) is 0 Å². The molecule has 126 valence electrons. The molecule has 2 heterocycles. The van der Waals surface area contributed by atoms with Gasteiger partial charge in [0.2, 0.25) is 15.9 Å². The smallest absolute Gasteiger partial charge is 0.216 e. The molecule has 0 spiro atoms. The van der Waals surface area contributed by atoms with Crippen LogP contribution in [0, 0.1) is 0 Å². The van der Waals surface area contributed by atoms with Crippen LogP contribution in [0.1, 0.15) is 18.2 Å². The minimum absolute atomic E-state index is 0.0793. The molecule has 7 nitrogen and oxygen atoms in total. The molecule has 0 atom stereocenters. The van der Waals surface area contributed by atoms with Crippen molar-refractivity contribution < 1.29 is 13.2 Å². The van der Waals surface area contributed by atoms with E-state index in [0.717, 1.165) is 23.2 Å². The van der Waals surface area contributed by atoms with Gasteiger partial charge >= 0.3 is 0 Å². The average Bonchev–Trinajstić information content (AvgIpc) is 2.80. The van der Waals surface area contributed by atoms with Crippen molar-refractivity contribution in [2.24, 2.45) is 0 Å². The summed E-state index contributed by atoms with van der Waals surface area (Å²) < 4.78 is 26.6. The van der Waals surface area contributed by atoms with Crippen molar-refractivity contribution in [3.8, 4) is 0 Å². The van der Waals surface area contributed by atoms with Crippen molar-refractivity contribution >= 4 is 33.2 Å². The summed E-state index contributed by atoms with van der Waals surface area (Å²) in [5.41, 5.74) is 2.52. The van der Waals surface area contributed by atoms with Crippen LogP contribution in [0.25, 0.3) is 5.65 Å². The quantitative estimate of drug-likeness (QED) is 0.764. The fourth-order valence-electron chi connectivity index (χ4n) is 2.28. The van der Waals surface area contributed by atoms with Crippen LogP contribution in [0.3, 0.4) is 0 Å². The molecule has 0 radical (unpaired) electrons. The van der Waals surface area contributed by atoms with E-state index in [-0.39, 0.29) is 12.5 Å². The standard InChI is InChI=1S/C14H19ClN4O3S/c1-10(20)16-5-4-13-8-17-14-11(3-6-18-23(2,21)22)7-12(15)9-19(13)14/h7-9,18H,3-6H2,1-2H3,(H,16,20). The van der Waals surface area contributed by atoms with Gasteiger partial charge in [-0.25, -0.2) is 18.1 Å². The lowest BCUT2D eigenvalue weighted by Gasteiger charge is -2.08. The number of nitrogens with one attached hydrogen (secondary N) is 2. The van der Waals surface area contributed by atoms with E-state index in [1.807, 2.05) is 4.40 Å². The summed E-state index contributed by atoms with van der Waals surface area (Å²) in [7, 11) is -3.22. The van der Waals surface area contributed by atoms with Gasteiger partial charge in [-0.1, -0.05) is 11.6 Å². The Labute approximate surface area is 140 Å². The van der Waals surface area contributed by atoms with E-state index < -0.39 is 10.0 Å². The minimum Gasteiger partial charge on any atom is -0.356 e. The Bertz CT molecular complexity index is 817. The zero-order valence-corrected chi connectivity index (χ0v) is 14.5. The van der Waals surface area contributed by atoms with Crippen LogP contribution >= 0.6 is 11.6 Å². The molecule has 0 aliphatic carbocycles. The number of nitrogens with zero attached hydrogens (tertiary/aromatic N) is 2. The van der Waals surface area contributed by atoms with Gasteiger partial charge in [0, 0.05) is 44.5 Å². The maximum absolute atomic E-state index is 11.1. The van der Waals surface area contributed by atoms with Crippen LogP contribution in [0.15, 0.2) is 18.5 Å². The van der Waals surface area contributed by atoms with Crippen LogP contribution in [-0.4, -0.2) is 43.1 Å². The van der Waals surface area contributed by atoms with Gasteiger partial charge in [0.1, 0.15) is 5.65 Å². The van der Waals surface area contributed by atoms with E-state index in [2.05, 4.69) is 15.0 Å². The van der Waals surface area contributed by atoms with E-state index in [9.17, 15) is 13.2 Å². The molecule has 0 unspecified atom stereocenters. The monoisotopic (exact) mass is 358 g/mol. The van der Waals surface area contributed by atoms with Crippen LogP contribution in [0.4, 0.5) is 0 Å². The molecule has 0 bridgehead atoms. The van der Waals surface area contributed by atoms with Crippen LogP contribution < -0.4 is 10.0 Å². The average molecular weight is 359 g/mol. The Morgan fingerprint density at radius 1 is 1.35 bits per heavy atom. The first-order valence-corrected chi connectivity index (χ1v) is 9.36. The molecule has 0 saturated carbocycles. The lowest BCUT2D eigenvalue weighted by Crippen LogP contribution is -2.24. The summed E-state index contributed by atoms with van der Waals surface area (Å²) in [4.78, 5) is 15.3. The number of carbonyl (C=O) groups is 1. The molecule has 0 aliphatic rings. The number of hydrogen-bond donors (Lipinski definition) is 2. The van der Waals surface area contributed by atoms with Gasteiger partial charge in [-0.05, 0) is 18.1 Å². The first-order valence-electron chi connectivity index (χ1n) is 7.09. The van der Waals surface area contributed by atoms with Gasteiger partial charge in [-0.2, -0.15) is 0 Å². The molecule has 2 N–H and O–H groups in total. The van der Waals surface area contributed by atoms with Crippen molar-refractivity contribution in [3.63, 3.8) is 0 Å². The maximum atomic E-state index is 11.1. The summed E-state index contributed by atoms with van der Waals surface area (Å²) in [5, 5.41) is 3.29. The molecule has 0 aliphatic heterocycles. The first-order chi connectivity index (χ1) is 10.8. The number of fused-ring (bicyclic) bond motifs is 1. The van der Waals surface area contributed by atoms with Gasteiger partial charge in [0.15, 0.2) is 0 Å². The van der Waals surface area contributed by atoms with Crippen molar-refractivity contribution in [1.82, 2.24) is 19.4 Å². The van der Waals surface area contributed by atoms with E-state index in [4.69, 9.17) is 11.6 Å². The summed E-state index contributed by atoms with van der Waals surface area (Å²) in [6.45, 7) is 2.27. The van der Waals surface area contributed by atoms with Crippen LogP contribution in [0.2, 0.25) is 5.02 Å². The Kier molecular flexibility index (Phi) is 5.61. The second-order valence-corrected chi connectivity index (χ2v) is 7.55. The number of pyridine rings is 1. The molecule has 23 heavy (non-hydrogen) atoms. The lowest BCUT2D eigenvalue weighted by atomic mass is 10.2. The third-order valence-corrected chi connectivity index (χ3v) is 4.17. The third kappa shape index (κ3) is 5.19. The Morgan fingerprint density at radius 2 is 2.09 bits per heavy atom. The molecule has 2 aromatic rings. The molecule has 0 saturated heterocycles. The fraction of sp³-hybridized carbons (Fsp3) is 0.429. The number of aromatic nitrogens is 2. The van der Waals surface area contributed by atoms with Crippen LogP contribution in [0.5, 0.6) is 0 Å². The normalized spacial score (nSPS) is 11.8. The van der Waals surface area contributed by atoms with Gasteiger partial charge in [-0.15, -0.1) is 0 Å². The SMILES string of the molecule is CC(=O)NCCc1cnc2c(CCNS(C)(=O)=O)cc(Cl)cn12. The molecule has 2 rings (SSSR count). The first kappa shape index (κ1) is 17.7. The lowest BCUT2D eigenvalue weighted by molar-refractivity contribution is -0.118. The van der Waals surface area contributed by atoms with Crippen LogP contribution in [-0.2, 0) is 27.7 Å². The molecular formula is C14H19ClN4O3S. The summed E-state index contributed by atoms with van der Waals surface area (Å²) >= 11 is 6.15. The Balaban J connectivity index is 2.18. The van der Waals surface area contributed by atoms with Crippen molar-refractivity contribution in [3.05, 3.63) is 34.7 Å². The molecule has 1 amide bonds. The summed E-state index contributed by atoms with van der Waals surface area (Å²) in [5.74, 6) is -0.0793. The van der Waals surface area contributed by atoms with Gasteiger partial charge < -0.3 is 9.72 Å². The minimum atomic E-state index is -3.22. The molecular weight excluding hydrogens is 340 g/mol. The number of carbonyl (C=O) groups excluding carboxylic acids is 1. The number of rotatable bonds is 7. The zero-order valence-electron chi connectivity index (χ0n) is 13.0. The highest BCUT2D eigenvalue weighted by atomic mass is 35.5. The molecule has 0 aromatic carbocycles. The molecule has 0 fully saturated rings. The molecule has 2 aromatic heterocycles. The van der Waals surface area contributed by atoms with E-state index in [1.165, 1.54) is 6.92 Å².